The van der Waals surface area contributed by atoms with Crippen LogP contribution in [0.3, 0.4) is 0 Å². The molecule has 1 fully saturated rings. The average Bonchev–Trinajstić information content (AvgIpc) is 3.30. The number of nitrogens with one attached hydrogen (secondary N) is 2. The number of hydrogen-bond acceptors (Lipinski definition) is 4. The van der Waals surface area contributed by atoms with Gasteiger partial charge < -0.3 is 10.1 Å². The van der Waals surface area contributed by atoms with Crippen molar-refractivity contribution in [2.24, 2.45) is 0 Å². The van der Waals surface area contributed by atoms with Gasteiger partial charge in [-0.3, -0.25) is 9.52 Å². The van der Waals surface area contributed by atoms with Gasteiger partial charge in [0.05, 0.1) is 16.7 Å². The molecular weight excluding hydrogens is 431 g/mol. The second kappa shape index (κ2) is 9.40. The Morgan fingerprint density at radius 1 is 0.938 bits per heavy atom. The zero-order valence-corrected chi connectivity index (χ0v) is 18.1. The van der Waals surface area contributed by atoms with Gasteiger partial charge in [-0.05, 0) is 80.3 Å². The first-order valence-electron chi connectivity index (χ1n) is 10.4. The molecule has 166 valence electrons. The molecule has 0 radical (unpaired) electrons. The third-order valence-electron chi connectivity index (χ3n) is 5.24. The maximum Gasteiger partial charge on any atom is 0.262 e. The Kier molecular flexibility index (Phi) is 6.41. The number of sulfonamides is 1. The molecule has 1 saturated carbocycles. The van der Waals surface area contributed by atoms with E-state index in [1.54, 1.807) is 24.3 Å². The SMILES string of the molecule is O=C(Nc1ccc(OC2CCCC2)cc1)c1cccc(S(=O)(=O)Nc2ccccc2F)c1. The molecule has 32 heavy (non-hydrogen) atoms. The predicted molar refractivity (Wildman–Crippen MR) is 121 cm³/mol. The number of carbonyl (C=O) groups is 1. The second-order valence-electron chi connectivity index (χ2n) is 7.62. The fraction of sp³-hybridized carbons (Fsp3) is 0.208. The zero-order chi connectivity index (χ0) is 22.6. The van der Waals surface area contributed by atoms with Gasteiger partial charge in [-0.2, -0.15) is 0 Å². The molecule has 4 rings (SSSR count). The van der Waals surface area contributed by atoms with Gasteiger partial charge in [0, 0.05) is 11.3 Å². The van der Waals surface area contributed by atoms with E-state index in [1.807, 2.05) is 0 Å². The van der Waals surface area contributed by atoms with Crippen LogP contribution in [-0.4, -0.2) is 20.4 Å². The largest absolute Gasteiger partial charge is 0.490 e. The minimum Gasteiger partial charge on any atom is -0.490 e. The molecule has 1 aliphatic rings. The number of carbonyl (C=O) groups excluding carboxylic acids is 1. The first kappa shape index (κ1) is 21.8. The fourth-order valence-electron chi connectivity index (χ4n) is 3.57. The van der Waals surface area contributed by atoms with Crippen LogP contribution in [0, 0.1) is 5.82 Å². The summed E-state index contributed by atoms with van der Waals surface area (Å²) in [5.74, 6) is -0.398. The first-order chi connectivity index (χ1) is 15.4. The van der Waals surface area contributed by atoms with Crippen molar-refractivity contribution in [1.82, 2.24) is 0 Å². The molecule has 3 aromatic carbocycles. The van der Waals surface area contributed by atoms with Crippen molar-refractivity contribution in [3.05, 3.63) is 84.2 Å². The van der Waals surface area contributed by atoms with Crippen LogP contribution in [0.4, 0.5) is 15.8 Å². The molecule has 8 heteroatoms. The van der Waals surface area contributed by atoms with Gasteiger partial charge in [-0.15, -0.1) is 0 Å². The van der Waals surface area contributed by atoms with Crippen LogP contribution in [-0.2, 0) is 10.0 Å². The molecule has 1 amide bonds. The monoisotopic (exact) mass is 454 g/mol. The van der Waals surface area contributed by atoms with Crippen LogP contribution >= 0.6 is 0 Å². The predicted octanol–water partition coefficient (Wildman–Crippen LogP) is 5.20. The van der Waals surface area contributed by atoms with Gasteiger partial charge in [0.1, 0.15) is 11.6 Å². The maximum atomic E-state index is 13.8. The van der Waals surface area contributed by atoms with Crippen LogP contribution < -0.4 is 14.8 Å². The van der Waals surface area contributed by atoms with Crippen molar-refractivity contribution in [2.45, 2.75) is 36.7 Å². The van der Waals surface area contributed by atoms with Crippen LogP contribution in [0.1, 0.15) is 36.0 Å². The highest BCUT2D eigenvalue weighted by atomic mass is 32.2. The highest BCUT2D eigenvalue weighted by Gasteiger charge is 2.19. The molecule has 1 aliphatic carbocycles. The molecule has 0 atom stereocenters. The van der Waals surface area contributed by atoms with Gasteiger partial charge in [-0.1, -0.05) is 18.2 Å². The van der Waals surface area contributed by atoms with Gasteiger partial charge in [-0.25, -0.2) is 12.8 Å². The molecule has 0 saturated heterocycles. The van der Waals surface area contributed by atoms with Gasteiger partial charge in [0.25, 0.3) is 15.9 Å². The van der Waals surface area contributed by atoms with E-state index in [0.717, 1.165) is 24.7 Å². The minimum absolute atomic E-state index is 0.145. The summed E-state index contributed by atoms with van der Waals surface area (Å²) in [6.07, 6.45) is 4.73. The summed E-state index contributed by atoms with van der Waals surface area (Å²) in [5.41, 5.74) is 0.557. The third-order valence-corrected chi connectivity index (χ3v) is 6.61. The van der Waals surface area contributed by atoms with Crippen molar-refractivity contribution >= 4 is 27.3 Å². The number of amides is 1. The molecule has 0 aliphatic heterocycles. The summed E-state index contributed by atoms with van der Waals surface area (Å²) in [6.45, 7) is 0. The smallest absolute Gasteiger partial charge is 0.262 e. The Morgan fingerprint density at radius 2 is 1.66 bits per heavy atom. The Bertz CT molecular complexity index is 1210. The van der Waals surface area contributed by atoms with E-state index in [0.29, 0.717) is 5.69 Å². The highest BCUT2D eigenvalue weighted by Crippen LogP contribution is 2.25. The van der Waals surface area contributed by atoms with Crippen molar-refractivity contribution in [3.8, 4) is 5.75 Å². The number of halogens is 1. The highest BCUT2D eigenvalue weighted by molar-refractivity contribution is 7.92. The first-order valence-corrected chi connectivity index (χ1v) is 11.8. The lowest BCUT2D eigenvalue weighted by Gasteiger charge is -2.13. The summed E-state index contributed by atoms with van der Waals surface area (Å²) < 4.78 is 47.2. The van der Waals surface area contributed by atoms with Crippen LogP contribution in [0.25, 0.3) is 0 Å². The van der Waals surface area contributed by atoms with E-state index in [2.05, 4.69) is 10.0 Å². The van der Waals surface area contributed by atoms with E-state index in [4.69, 9.17) is 4.74 Å². The van der Waals surface area contributed by atoms with Gasteiger partial charge in [0.15, 0.2) is 0 Å². The van der Waals surface area contributed by atoms with Crippen molar-refractivity contribution in [1.29, 1.82) is 0 Å². The Morgan fingerprint density at radius 3 is 2.38 bits per heavy atom. The number of ether oxygens (including phenoxy) is 1. The standard InChI is InChI=1S/C24H23FN2O4S/c25-22-10-3-4-11-23(22)27-32(29,30)21-9-5-6-17(16-21)24(28)26-18-12-14-20(15-13-18)31-19-7-1-2-8-19/h3-6,9-16,19,27H,1-2,7-8H2,(H,26,28). The molecule has 6 nitrogen and oxygen atoms in total. The maximum absolute atomic E-state index is 13.8. The number of para-hydroxylation sites is 1. The molecule has 0 bridgehead atoms. The van der Waals surface area contributed by atoms with E-state index < -0.39 is 21.7 Å². The minimum atomic E-state index is -4.07. The molecule has 2 N–H and O–H groups in total. The summed E-state index contributed by atoms with van der Waals surface area (Å²) in [5, 5.41) is 2.75. The lowest BCUT2D eigenvalue weighted by atomic mass is 10.2. The molecular formula is C24H23FN2O4S. The molecule has 0 aromatic heterocycles. The average molecular weight is 455 g/mol. The Balaban J connectivity index is 1.44. The van der Waals surface area contributed by atoms with E-state index >= 15 is 0 Å². The number of hydrogen-bond donors (Lipinski definition) is 2. The van der Waals surface area contributed by atoms with Gasteiger partial charge in [0.2, 0.25) is 0 Å². The van der Waals surface area contributed by atoms with Crippen molar-refractivity contribution in [2.75, 3.05) is 10.0 Å². The zero-order valence-electron chi connectivity index (χ0n) is 17.3. The third kappa shape index (κ3) is 5.26. The normalized spacial score (nSPS) is 14.2. The van der Waals surface area contributed by atoms with Crippen LogP contribution in [0.15, 0.2) is 77.7 Å². The molecule has 0 heterocycles. The summed E-state index contributed by atoms with van der Waals surface area (Å²) in [7, 11) is -4.07. The molecule has 0 unspecified atom stereocenters. The summed E-state index contributed by atoms with van der Waals surface area (Å²) >= 11 is 0. The Labute approximate surface area is 186 Å². The summed E-state index contributed by atoms with van der Waals surface area (Å²) in [4.78, 5) is 12.5. The lowest BCUT2D eigenvalue weighted by molar-refractivity contribution is 0.102. The quantitative estimate of drug-likeness (QED) is 0.514. The van der Waals surface area contributed by atoms with Gasteiger partial charge >= 0.3 is 0 Å². The van der Waals surface area contributed by atoms with E-state index in [1.165, 1.54) is 55.3 Å². The van der Waals surface area contributed by atoms with E-state index in [-0.39, 0.29) is 22.3 Å². The number of benzene rings is 3. The second-order valence-corrected chi connectivity index (χ2v) is 9.30. The van der Waals surface area contributed by atoms with Crippen molar-refractivity contribution < 1.29 is 22.3 Å². The lowest BCUT2D eigenvalue weighted by Crippen LogP contribution is -2.16. The van der Waals surface area contributed by atoms with Crippen molar-refractivity contribution in [3.63, 3.8) is 0 Å². The van der Waals surface area contributed by atoms with E-state index in [9.17, 15) is 17.6 Å². The fourth-order valence-corrected chi connectivity index (χ4v) is 4.68. The number of anilines is 2. The van der Waals surface area contributed by atoms with Crippen LogP contribution in [0.2, 0.25) is 0 Å². The van der Waals surface area contributed by atoms with Crippen LogP contribution in [0.5, 0.6) is 5.75 Å². The summed E-state index contributed by atoms with van der Waals surface area (Å²) in [6, 6.07) is 18.1. The topological polar surface area (TPSA) is 84.5 Å². The Hall–Kier alpha value is -3.39. The number of rotatable bonds is 7. The molecule has 3 aromatic rings. The molecule has 0 spiro atoms.